The van der Waals surface area contributed by atoms with Crippen molar-refractivity contribution in [2.45, 2.75) is 49.4 Å². The van der Waals surface area contributed by atoms with Crippen molar-refractivity contribution in [3.8, 4) is 11.8 Å². The summed E-state index contributed by atoms with van der Waals surface area (Å²) < 4.78 is 30.0. The largest absolute Gasteiger partial charge is 0.481 e. The molecule has 2 aromatic rings. The van der Waals surface area contributed by atoms with Gasteiger partial charge in [0.15, 0.2) is 5.16 Å². The summed E-state index contributed by atoms with van der Waals surface area (Å²) in [5.41, 5.74) is -0.944. The summed E-state index contributed by atoms with van der Waals surface area (Å²) in [6.45, 7) is 6.62. The Morgan fingerprint density at radius 1 is 1.13 bits per heavy atom. The van der Waals surface area contributed by atoms with Crippen LogP contribution >= 0.6 is 11.8 Å². The second kappa shape index (κ2) is 9.75. The van der Waals surface area contributed by atoms with Crippen LogP contribution in [0.15, 0.2) is 34.3 Å². The average molecular weight is 437 g/mol. The summed E-state index contributed by atoms with van der Waals surface area (Å²) >= 11 is 0.962. The van der Waals surface area contributed by atoms with Crippen LogP contribution in [-0.4, -0.2) is 47.7 Å². The van der Waals surface area contributed by atoms with Crippen LogP contribution in [0, 0.1) is 5.82 Å². The number of rotatable bonds is 7. The Labute approximate surface area is 178 Å². The summed E-state index contributed by atoms with van der Waals surface area (Å²) in [4.78, 5) is 33.5. The number of hydrogen-bond donors (Lipinski definition) is 1. The Morgan fingerprint density at radius 3 is 2.27 bits per heavy atom. The molecule has 8 nitrogen and oxygen atoms in total. The van der Waals surface area contributed by atoms with Crippen molar-refractivity contribution < 1.29 is 28.2 Å². The van der Waals surface area contributed by atoms with Crippen molar-refractivity contribution in [1.82, 2.24) is 15.3 Å². The first-order chi connectivity index (χ1) is 14.0. The Hall–Kier alpha value is -2.88. The van der Waals surface area contributed by atoms with E-state index >= 15 is 0 Å². The third kappa shape index (κ3) is 6.31. The molecular weight excluding hydrogens is 413 g/mol. The number of ether oxygens (including phenoxy) is 3. The van der Waals surface area contributed by atoms with Crippen molar-refractivity contribution in [1.29, 1.82) is 0 Å². The Morgan fingerprint density at radius 2 is 1.73 bits per heavy atom. The number of amides is 1. The highest BCUT2D eigenvalue weighted by atomic mass is 32.2. The number of hydrogen-bond acceptors (Lipinski definition) is 8. The fraction of sp³-hybridized carbons (Fsp3) is 0.400. The fourth-order valence-corrected chi connectivity index (χ4v) is 3.17. The summed E-state index contributed by atoms with van der Waals surface area (Å²) in [5.74, 6) is -1.62. The molecule has 0 aliphatic carbocycles. The van der Waals surface area contributed by atoms with Crippen LogP contribution in [0.25, 0.3) is 0 Å². The van der Waals surface area contributed by atoms with Gasteiger partial charge in [0.05, 0.1) is 25.8 Å². The molecule has 2 rings (SSSR count). The zero-order chi connectivity index (χ0) is 22.5. The normalized spacial score (nSPS) is 12.1. The van der Waals surface area contributed by atoms with E-state index in [1.807, 2.05) is 0 Å². The van der Waals surface area contributed by atoms with Crippen LogP contribution < -0.4 is 14.8 Å². The molecule has 0 fully saturated rings. The second-order valence-corrected chi connectivity index (χ2v) is 8.19. The molecule has 162 valence electrons. The number of esters is 1. The van der Waals surface area contributed by atoms with Gasteiger partial charge < -0.3 is 19.5 Å². The Balaban J connectivity index is 2.28. The van der Waals surface area contributed by atoms with Crippen molar-refractivity contribution in [2.75, 3.05) is 14.2 Å². The third-order valence-electron chi connectivity index (χ3n) is 3.59. The first kappa shape index (κ1) is 23.4. The number of aromatic nitrogens is 2. The van der Waals surface area contributed by atoms with Gasteiger partial charge in [-0.25, -0.2) is 9.18 Å². The number of carbonyl (C=O) groups is 2. The Bertz CT molecular complexity index is 911. The molecule has 1 unspecified atom stereocenters. The molecule has 0 saturated heterocycles. The second-order valence-electron chi connectivity index (χ2n) is 7.18. The lowest BCUT2D eigenvalue weighted by atomic mass is 10.1. The molecule has 0 aliphatic heterocycles. The molecule has 0 bridgehead atoms. The first-order valence-corrected chi connectivity index (χ1v) is 9.83. The van der Waals surface area contributed by atoms with Gasteiger partial charge >= 0.3 is 5.97 Å². The van der Waals surface area contributed by atoms with E-state index in [-0.39, 0.29) is 27.4 Å². The summed E-state index contributed by atoms with van der Waals surface area (Å²) in [7, 11) is 2.88. The van der Waals surface area contributed by atoms with Crippen LogP contribution in [0.1, 0.15) is 38.1 Å². The monoisotopic (exact) mass is 437 g/mol. The van der Waals surface area contributed by atoms with E-state index in [9.17, 15) is 14.0 Å². The van der Waals surface area contributed by atoms with Gasteiger partial charge in [-0.3, -0.25) is 4.79 Å². The van der Waals surface area contributed by atoms with Gasteiger partial charge in [-0.2, -0.15) is 9.97 Å². The topological polar surface area (TPSA) is 99.6 Å². The van der Waals surface area contributed by atoms with E-state index in [0.29, 0.717) is 0 Å². The molecule has 1 N–H and O–H groups in total. The molecule has 0 spiro atoms. The highest BCUT2D eigenvalue weighted by Crippen LogP contribution is 2.32. The SMILES string of the molecule is COc1cc(OC)nc(Sc2cccc(F)c2C(=O)NC(C)C(=O)OC(C)(C)C)n1. The lowest BCUT2D eigenvalue weighted by Gasteiger charge is -2.23. The molecule has 1 aromatic carbocycles. The number of nitrogens with one attached hydrogen (secondary N) is 1. The molecule has 1 atom stereocenters. The van der Waals surface area contributed by atoms with E-state index in [0.717, 1.165) is 17.8 Å². The van der Waals surface area contributed by atoms with Crippen LogP contribution in [-0.2, 0) is 9.53 Å². The van der Waals surface area contributed by atoms with E-state index in [4.69, 9.17) is 14.2 Å². The molecule has 1 aromatic heterocycles. The van der Waals surface area contributed by atoms with Gasteiger partial charge in [-0.1, -0.05) is 6.07 Å². The first-order valence-electron chi connectivity index (χ1n) is 9.01. The maximum atomic E-state index is 14.5. The van der Waals surface area contributed by atoms with Gasteiger partial charge in [0.2, 0.25) is 11.8 Å². The zero-order valence-electron chi connectivity index (χ0n) is 17.6. The van der Waals surface area contributed by atoms with Crippen LogP contribution in [0.5, 0.6) is 11.8 Å². The van der Waals surface area contributed by atoms with Gasteiger partial charge in [0.25, 0.3) is 5.91 Å². The summed E-state index contributed by atoms with van der Waals surface area (Å²) in [5, 5.41) is 2.67. The van der Waals surface area contributed by atoms with Gasteiger partial charge in [0, 0.05) is 4.90 Å². The summed E-state index contributed by atoms with van der Waals surface area (Å²) in [6, 6.07) is 4.69. The minimum atomic E-state index is -0.970. The predicted octanol–water partition coefficient (Wildman–Crippen LogP) is 3.24. The summed E-state index contributed by atoms with van der Waals surface area (Å²) in [6.07, 6.45) is 0. The van der Waals surface area contributed by atoms with Crippen LogP contribution in [0.4, 0.5) is 4.39 Å². The average Bonchev–Trinajstić information content (AvgIpc) is 2.66. The molecule has 10 heteroatoms. The standard InChI is InChI=1S/C20H24FN3O5S/c1-11(18(26)29-20(2,3)4)22-17(25)16-12(21)8-7-9-13(16)30-19-23-14(27-5)10-15(24-19)28-6/h7-11H,1-6H3,(H,22,25). The number of methoxy groups -OCH3 is 2. The van der Waals surface area contributed by atoms with E-state index in [1.54, 1.807) is 26.8 Å². The molecule has 1 amide bonds. The molecule has 30 heavy (non-hydrogen) atoms. The van der Waals surface area contributed by atoms with Crippen LogP contribution in [0.3, 0.4) is 0 Å². The van der Waals surface area contributed by atoms with E-state index < -0.39 is 29.3 Å². The lowest BCUT2D eigenvalue weighted by molar-refractivity contribution is -0.156. The zero-order valence-corrected chi connectivity index (χ0v) is 18.4. The van der Waals surface area contributed by atoms with Crippen molar-refractivity contribution in [2.24, 2.45) is 0 Å². The maximum Gasteiger partial charge on any atom is 0.328 e. The fourth-order valence-electron chi connectivity index (χ4n) is 2.26. The molecule has 0 radical (unpaired) electrons. The molecule has 1 heterocycles. The van der Waals surface area contributed by atoms with Gasteiger partial charge in [-0.05, 0) is 51.6 Å². The van der Waals surface area contributed by atoms with Gasteiger partial charge in [0.1, 0.15) is 17.5 Å². The van der Waals surface area contributed by atoms with Crippen molar-refractivity contribution in [3.63, 3.8) is 0 Å². The number of halogens is 1. The smallest absolute Gasteiger partial charge is 0.328 e. The van der Waals surface area contributed by atoms with E-state index in [1.165, 1.54) is 33.3 Å². The highest BCUT2D eigenvalue weighted by molar-refractivity contribution is 7.99. The number of carbonyl (C=O) groups excluding carboxylic acids is 2. The minimum absolute atomic E-state index is 0.200. The number of nitrogens with zero attached hydrogens (tertiary/aromatic N) is 2. The lowest BCUT2D eigenvalue weighted by Crippen LogP contribution is -2.42. The predicted molar refractivity (Wildman–Crippen MR) is 108 cm³/mol. The van der Waals surface area contributed by atoms with Crippen LogP contribution in [0.2, 0.25) is 0 Å². The molecule has 0 saturated carbocycles. The molecular formula is C20H24FN3O5S. The minimum Gasteiger partial charge on any atom is -0.481 e. The number of benzene rings is 1. The van der Waals surface area contributed by atoms with E-state index in [2.05, 4.69) is 15.3 Å². The van der Waals surface area contributed by atoms with Gasteiger partial charge in [-0.15, -0.1) is 0 Å². The highest BCUT2D eigenvalue weighted by Gasteiger charge is 2.26. The maximum absolute atomic E-state index is 14.5. The Kier molecular flexibility index (Phi) is 7.60. The quantitative estimate of drug-likeness (QED) is 0.521. The van der Waals surface area contributed by atoms with Crippen molar-refractivity contribution >= 4 is 23.6 Å². The van der Waals surface area contributed by atoms with Crippen molar-refractivity contribution in [3.05, 3.63) is 35.6 Å². The third-order valence-corrected chi connectivity index (χ3v) is 4.51. The molecule has 0 aliphatic rings.